The molecule has 1 unspecified atom stereocenters. The maximum atomic E-state index is 12.8. The predicted octanol–water partition coefficient (Wildman–Crippen LogP) is 4.70. The second kappa shape index (κ2) is 13.1. The molecule has 0 radical (unpaired) electrons. The zero-order valence-electron chi connectivity index (χ0n) is 20.7. The van der Waals surface area contributed by atoms with Crippen LogP contribution in [0.5, 0.6) is 11.5 Å². The van der Waals surface area contributed by atoms with Crippen LogP contribution in [0.3, 0.4) is 0 Å². The molecule has 0 bridgehead atoms. The Labute approximate surface area is 220 Å². The molecule has 0 aliphatic rings. The van der Waals surface area contributed by atoms with E-state index in [9.17, 15) is 9.59 Å². The maximum Gasteiger partial charge on any atom is 0.262 e. The van der Waals surface area contributed by atoms with E-state index in [0.717, 1.165) is 5.56 Å². The predicted molar refractivity (Wildman–Crippen MR) is 142 cm³/mol. The highest BCUT2D eigenvalue weighted by Crippen LogP contribution is 2.22. The minimum Gasteiger partial charge on any atom is -0.497 e. The first-order chi connectivity index (χ1) is 17.8. The third kappa shape index (κ3) is 7.82. The van der Waals surface area contributed by atoms with Gasteiger partial charge in [-0.15, -0.1) is 0 Å². The van der Waals surface area contributed by atoms with Gasteiger partial charge in [-0.3, -0.25) is 9.59 Å². The standard InChI is InChI=1S/C28H27ClN4O4/c1-18(2)26(32-27(34)21-8-11-24(36-3)12-9-21)28(35)33-31-16-22-14-23(29)10-13-25(22)37-17-20-6-4-19(15-30)5-7-20/h4-14,16,18,26H,17H2,1-3H3,(H,32,34)(H,33,35). The number of nitrogens with one attached hydrogen (secondary N) is 2. The summed E-state index contributed by atoms with van der Waals surface area (Å²) in [5, 5.41) is 16.2. The Morgan fingerprint density at radius 3 is 2.41 bits per heavy atom. The van der Waals surface area contributed by atoms with Crippen LogP contribution in [0.25, 0.3) is 0 Å². The Bertz CT molecular complexity index is 1300. The molecule has 3 rings (SSSR count). The summed E-state index contributed by atoms with van der Waals surface area (Å²) in [4.78, 5) is 25.5. The first kappa shape index (κ1) is 27.2. The first-order valence-electron chi connectivity index (χ1n) is 11.5. The van der Waals surface area contributed by atoms with Crippen molar-refractivity contribution in [1.29, 1.82) is 5.26 Å². The van der Waals surface area contributed by atoms with Gasteiger partial charge in [-0.2, -0.15) is 10.4 Å². The van der Waals surface area contributed by atoms with E-state index in [1.807, 2.05) is 26.0 Å². The fourth-order valence-electron chi connectivity index (χ4n) is 3.33. The number of carbonyl (C=O) groups is 2. The topological polar surface area (TPSA) is 113 Å². The monoisotopic (exact) mass is 518 g/mol. The molecule has 37 heavy (non-hydrogen) atoms. The van der Waals surface area contributed by atoms with E-state index < -0.39 is 11.9 Å². The van der Waals surface area contributed by atoms with Crippen LogP contribution in [-0.2, 0) is 11.4 Å². The minimum atomic E-state index is -0.807. The number of benzene rings is 3. The van der Waals surface area contributed by atoms with Crippen molar-refractivity contribution >= 4 is 29.6 Å². The number of hydrazone groups is 1. The number of nitriles is 1. The van der Waals surface area contributed by atoms with Crippen LogP contribution in [0.4, 0.5) is 0 Å². The number of hydrogen-bond donors (Lipinski definition) is 2. The van der Waals surface area contributed by atoms with Gasteiger partial charge >= 0.3 is 0 Å². The van der Waals surface area contributed by atoms with Crippen LogP contribution < -0.4 is 20.2 Å². The Balaban J connectivity index is 1.65. The van der Waals surface area contributed by atoms with Crippen molar-refractivity contribution in [2.75, 3.05) is 7.11 Å². The third-order valence-corrected chi connectivity index (χ3v) is 5.65. The molecule has 3 aromatic carbocycles. The lowest BCUT2D eigenvalue weighted by Crippen LogP contribution is -2.48. The fraction of sp³-hybridized carbons (Fsp3) is 0.214. The largest absolute Gasteiger partial charge is 0.497 e. The lowest BCUT2D eigenvalue weighted by molar-refractivity contribution is -0.123. The van der Waals surface area contributed by atoms with Crippen LogP contribution in [0.2, 0.25) is 5.02 Å². The van der Waals surface area contributed by atoms with Crippen molar-refractivity contribution < 1.29 is 19.1 Å². The summed E-state index contributed by atoms with van der Waals surface area (Å²) in [7, 11) is 1.54. The second-order valence-electron chi connectivity index (χ2n) is 8.44. The van der Waals surface area contributed by atoms with Crippen LogP contribution in [0.15, 0.2) is 71.8 Å². The Morgan fingerprint density at radius 2 is 1.78 bits per heavy atom. The summed E-state index contributed by atoms with van der Waals surface area (Å²) in [5.74, 6) is 0.115. The van der Waals surface area contributed by atoms with E-state index in [-0.39, 0.29) is 18.4 Å². The summed E-state index contributed by atoms with van der Waals surface area (Å²) in [6, 6.07) is 20.0. The van der Waals surface area contributed by atoms with Crippen molar-refractivity contribution in [1.82, 2.24) is 10.7 Å². The molecular formula is C28H27ClN4O4. The van der Waals surface area contributed by atoms with Crippen LogP contribution >= 0.6 is 11.6 Å². The fourth-order valence-corrected chi connectivity index (χ4v) is 3.51. The number of methoxy groups -OCH3 is 1. The minimum absolute atomic E-state index is 0.185. The molecular weight excluding hydrogens is 492 g/mol. The highest BCUT2D eigenvalue weighted by Gasteiger charge is 2.24. The van der Waals surface area contributed by atoms with Gasteiger partial charge < -0.3 is 14.8 Å². The normalized spacial score (nSPS) is 11.6. The lowest BCUT2D eigenvalue weighted by atomic mass is 10.0. The van der Waals surface area contributed by atoms with Crippen molar-refractivity contribution in [2.45, 2.75) is 26.5 Å². The zero-order chi connectivity index (χ0) is 26.8. The number of carbonyl (C=O) groups excluding carboxylic acids is 2. The van der Waals surface area contributed by atoms with E-state index in [2.05, 4.69) is 21.9 Å². The van der Waals surface area contributed by atoms with E-state index in [1.165, 1.54) is 6.21 Å². The SMILES string of the molecule is COc1ccc(C(=O)NC(C(=O)NN=Cc2cc(Cl)ccc2OCc2ccc(C#N)cc2)C(C)C)cc1. The van der Waals surface area contributed by atoms with E-state index in [4.69, 9.17) is 26.3 Å². The maximum absolute atomic E-state index is 12.8. The number of halogens is 1. The number of ether oxygens (including phenoxy) is 2. The van der Waals surface area contributed by atoms with Gasteiger partial charge in [0, 0.05) is 16.1 Å². The average Bonchev–Trinajstić information content (AvgIpc) is 2.91. The molecule has 0 saturated heterocycles. The lowest BCUT2D eigenvalue weighted by Gasteiger charge is -2.20. The highest BCUT2D eigenvalue weighted by molar-refractivity contribution is 6.30. The van der Waals surface area contributed by atoms with E-state index in [0.29, 0.717) is 33.2 Å². The molecule has 0 heterocycles. The van der Waals surface area contributed by atoms with Crippen molar-refractivity contribution in [3.05, 3.63) is 94.0 Å². The van der Waals surface area contributed by atoms with Gasteiger partial charge in [0.25, 0.3) is 11.8 Å². The van der Waals surface area contributed by atoms with Gasteiger partial charge in [-0.05, 0) is 66.1 Å². The molecule has 2 N–H and O–H groups in total. The van der Waals surface area contributed by atoms with Crippen LogP contribution in [-0.4, -0.2) is 31.2 Å². The van der Waals surface area contributed by atoms with Crippen LogP contribution in [0, 0.1) is 17.2 Å². The third-order valence-electron chi connectivity index (χ3n) is 5.42. The Hall–Kier alpha value is -4.35. The number of amides is 2. The summed E-state index contributed by atoms with van der Waals surface area (Å²) >= 11 is 6.14. The summed E-state index contributed by atoms with van der Waals surface area (Å²) in [5.41, 5.74) is 4.91. The first-order valence-corrected chi connectivity index (χ1v) is 11.9. The smallest absolute Gasteiger partial charge is 0.262 e. The number of rotatable bonds is 10. The molecule has 9 heteroatoms. The molecule has 0 aliphatic heterocycles. The summed E-state index contributed by atoms with van der Waals surface area (Å²) in [6.45, 7) is 3.93. The zero-order valence-corrected chi connectivity index (χ0v) is 21.5. The van der Waals surface area contributed by atoms with Gasteiger partial charge in [-0.1, -0.05) is 37.6 Å². The highest BCUT2D eigenvalue weighted by atomic mass is 35.5. The van der Waals surface area contributed by atoms with E-state index in [1.54, 1.807) is 61.7 Å². The molecule has 1 atom stereocenters. The van der Waals surface area contributed by atoms with E-state index >= 15 is 0 Å². The molecule has 190 valence electrons. The summed E-state index contributed by atoms with van der Waals surface area (Å²) in [6.07, 6.45) is 1.43. The van der Waals surface area contributed by atoms with Gasteiger partial charge in [0.2, 0.25) is 0 Å². The molecule has 0 aliphatic carbocycles. The van der Waals surface area contributed by atoms with Gasteiger partial charge in [0.15, 0.2) is 0 Å². The quantitative estimate of drug-likeness (QED) is 0.298. The van der Waals surface area contributed by atoms with Gasteiger partial charge in [-0.25, -0.2) is 5.43 Å². The molecule has 0 fully saturated rings. The molecule has 3 aromatic rings. The average molecular weight is 519 g/mol. The molecule has 0 spiro atoms. The number of nitrogens with zero attached hydrogens (tertiary/aromatic N) is 2. The van der Waals surface area contributed by atoms with Crippen molar-refractivity contribution in [2.24, 2.45) is 11.0 Å². The molecule has 2 amide bonds. The van der Waals surface area contributed by atoms with Gasteiger partial charge in [0.1, 0.15) is 24.1 Å². The van der Waals surface area contributed by atoms with Crippen molar-refractivity contribution in [3.63, 3.8) is 0 Å². The Morgan fingerprint density at radius 1 is 1.08 bits per heavy atom. The molecule has 8 nitrogen and oxygen atoms in total. The number of hydrogen-bond acceptors (Lipinski definition) is 6. The molecule has 0 aromatic heterocycles. The van der Waals surface area contributed by atoms with Gasteiger partial charge in [0.05, 0.1) is 25.0 Å². The Kier molecular flexibility index (Phi) is 9.64. The van der Waals surface area contributed by atoms with Crippen LogP contribution in [0.1, 0.15) is 40.9 Å². The second-order valence-corrected chi connectivity index (χ2v) is 8.87. The summed E-state index contributed by atoms with van der Waals surface area (Å²) < 4.78 is 11.0. The molecule has 0 saturated carbocycles. The van der Waals surface area contributed by atoms with Crippen molar-refractivity contribution in [3.8, 4) is 17.6 Å².